The number of nitrogen functional groups attached to an aromatic ring is 1. The molecule has 21 heavy (non-hydrogen) atoms. The van der Waals surface area contributed by atoms with Gasteiger partial charge in [-0.2, -0.15) is 11.3 Å². The van der Waals surface area contributed by atoms with E-state index in [2.05, 4.69) is 0 Å². The fourth-order valence-corrected chi connectivity index (χ4v) is 3.98. The van der Waals surface area contributed by atoms with E-state index < -0.39 is 0 Å². The zero-order chi connectivity index (χ0) is 15.0. The van der Waals surface area contributed by atoms with Crippen LogP contribution in [0.4, 0.5) is 10.1 Å². The second kappa shape index (κ2) is 5.46. The summed E-state index contributed by atoms with van der Waals surface area (Å²) >= 11 is 2.82. The summed E-state index contributed by atoms with van der Waals surface area (Å²) in [5, 5.41) is 4.31. The number of hydrogen-bond donors (Lipinski definition) is 1. The number of thiophene rings is 2. The zero-order valence-electron chi connectivity index (χ0n) is 11.3. The minimum absolute atomic E-state index is 0.181. The Kier molecular flexibility index (Phi) is 3.65. The van der Waals surface area contributed by atoms with E-state index in [4.69, 9.17) is 5.73 Å². The van der Waals surface area contributed by atoms with Crippen molar-refractivity contribution >= 4 is 44.4 Å². The molecule has 3 rings (SSSR count). The molecule has 0 fully saturated rings. The van der Waals surface area contributed by atoms with Gasteiger partial charge < -0.3 is 10.6 Å². The highest BCUT2D eigenvalue weighted by Crippen LogP contribution is 2.36. The third kappa shape index (κ3) is 2.52. The number of nitrogens with zero attached hydrogens (tertiary/aromatic N) is 1. The van der Waals surface area contributed by atoms with Crippen LogP contribution in [0.25, 0.3) is 10.1 Å². The Hall–Kier alpha value is -1.92. The van der Waals surface area contributed by atoms with E-state index in [0.29, 0.717) is 21.5 Å². The third-order valence-electron chi connectivity index (χ3n) is 3.24. The van der Waals surface area contributed by atoms with Gasteiger partial charge >= 0.3 is 0 Å². The van der Waals surface area contributed by atoms with Crippen LogP contribution in [-0.4, -0.2) is 17.9 Å². The van der Waals surface area contributed by atoms with Gasteiger partial charge in [0.1, 0.15) is 10.7 Å². The molecule has 0 saturated heterocycles. The quantitative estimate of drug-likeness (QED) is 0.794. The molecule has 0 radical (unpaired) electrons. The maximum atomic E-state index is 13.8. The van der Waals surface area contributed by atoms with E-state index in [1.807, 2.05) is 16.8 Å². The van der Waals surface area contributed by atoms with Crippen molar-refractivity contribution in [3.63, 3.8) is 0 Å². The number of amides is 1. The van der Waals surface area contributed by atoms with Gasteiger partial charge in [0.2, 0.25) is 0 Å². The van der Waals surface area contributed by atoms with Gasteiger partial charge in [-0.15, -0.1) is 11.3 Å². The smallest absolute Gasteiger partial charge is 0.266 e. The molecular formula is C15H13FN2OS2. The molecule has 0 atom stereocenters. The maximum absolute atomic E-state index is 13.8. The van der Waals surface area contributed by atoms with Crippen molar-refractivity contribution in [2.75, 3.05) is 12.8 Å². The van der Waals surface area contributed by atoms with Crippen LogP contribution in [0.15, 0.2) is 35.0 Å². The number of rotatable bonds is 3. The van der Waals surface area contributed by atoms with Gasteiger partial charge in [0.25, 0.3) is 5.91 Å². The number of halogens is 1. The normalized spacial score (nSPS) is 11.0. The van der Waals surface area contributed by atoms with Crippen LogP contribution in [0.2, 0.25) is 0 Å². The molecule has 0 aliphatic rings. The molecule has 0 aliphatic carbocycles. The average molecular weight is 320 g/mol. The summed E-state index contributed by atoms with van der Waals surface area (Å²) in [6, 6.07) is 6.73. The van der Waals surface area contributed by atoms with Gasteiger partial charge in [-0.05, 0) is 34.5 Å². The minimum atomic E-state index is -0.388. The predicted octanol–water partition coefficient (Wildman–Crippen LogP) is 3.96. The average Bonchev–Trinajstić information content (AvgIpc) is 3.07. The lowest BCUT2D eigenvalue weighted by Gasteiger charge is -2.15. The van der Waals surface area contributed by atoms with E-state index in [9.17, 15) is 9.18 Å². The molecule has 3 nitrogen and oxygen atoms in total. The Labute approximate surface area is 129 Å². The SMILES string of the molecule is CN(Cc1ccsc1)C(=O)c1sc2cccc(F)c2c1N. The lowest BCUT2D eigenvalue weighted by molar-refractivity contribution is 0.0791. The molecule has 6 heteroatoms. The highest BCUT2D eigenvalue weighted by atomic mass is 32.1. The maximum Gasteiger partial charge on any atom is 0.266 e. The van der Waals surface area contributed by atoms with E-state index in [1.54, 1.807) is 35.4 Å². The summed E-state index contributed by atoms with van der Waals surface area (Å²) in [7, 11) is 1.72. The van der Waals surface area contributed by atoms with Crippen LogP contribution in [0.5, 0.6) is 0 Å². The van der Waals surface area contributed by atoms with Crippen molar-refractivity contribution in [2.24, 2.45) is 0 Å². The number of carbonyl (C=O) groups excluding carboxylic acids is 1. The Bertz CT molecular complexity index is 795. The van der Waals surface area contributed by atoms with Crippen molar-refractivity contribution in [1.82, 2.24) is 4.90 Å². The van der Waals surface area contributed by atoms with Gasteiger partial charge in [0.05, 0.1) is 11.1 Å². The molecule has 0 spiro atoms. The molecule has 3 aromatic rings. The number of nitrogens with two attached hydrogens (primary N) is 1. The van der Waals surface area contributed by atoms with Crippen LogP contribution in [0.1, 0.15) is 15.2 Å². The van der Waals surface area contributed by atoms with Crippen molar-refractivity contribution in [3.8, 4) is 0 Å². The van der Waals surface area contributed by atoms with Crippen molar-refractivity contribution in [1.29, 1.82) is 0 Å². The Morgan fingerprint density at radius 3 is 2.86 bits per heavy atom. The molecule has 0 aliphatic heterocycles. The second-order valence-corrected chi connectivity index (χ2v) is 6.58. The van der Waals surface area contributed by atoms with Gasteiger partial charge in [-0.1, -0.05) is 6.07 Å². The first-order valence-corrected chi connectivity index (χ1v) is 8.07. The van der Waals surface area contributed by atoms with Crippen LogP contribution in [0, 0.1) is 5.82 Å². The number of hydrogen-bond acceptors (Lipinski definition) is 4. The molecule has 0 unspecified atom stereocenters. The minimum Gasteiger partial charge on any atom is -0.397 e. The molecule has 1 aromatic carbocycles. The largest absolute Gasteiger partial charge is 0.397 e. The van der Waals surface area contributed by atoms with E-state index in [0.717, 1.165) is 5.56 Å². The van der Waals surface area contributed by atoms with E-state index in [1.165, 1.54) is 17.4 Å². The van der Waals surface area contributed by atoms with Crippen LogP contribution < -0.4 is 5.73 Å². The van der Waals surface area contributed by atoms with Crippen molar-refractivity contribution in [3.05, 3.63) is 51.3 Å². The summed E-state index contributed by atoms with van der Waals surface area (Å²) in [6.45, 7) is 0.512. The summed E-state index contributed by atoms with van der Waals surface area (Å²) in [4.78, 5) is 14.5. The van der Waals surface area contributed by atoms with E-state index in [-0.39, 0.29) is 17.4 Å². The monoisotopic (exact) mass is 320 g/mol. The first-order chi connectivity index (χ1) is 10.1. The predicted molar refractivity (Wildman–Crippen MR) is 86.3 cm³/mol. The van der Waals surface area contributed by atoms with E-state index >= 15 is 0 Å². The van der Waals surface area contributed by atoms with Crippen LogP contribution in [-0.2, 0) is 6.54 Å². The summed E-state index contributed by atoms with van der Waals surface area (Å²) in [5.41, 5.74) is 7.28. The third-order valence-corrected chi connectivity index (χ3v) is 5.13. The van der Waals surface area contributed by atoms with Gasteiger partial charge in [-0.3, -0.25) is 4.79 Å². The fourth-order valence-electron chi connectivity index (χ4n) is 2.19. The lowest BCUT2D eigenvalue weighted by atomic mass is 10.2. The van der Waals surface area contributed by atoms with Crippen LogP contribution >= 0.6 is 22.7 Å². The number of fused-ring (bicyclic) bond motifs is 1. The fraction of sp³-hybridized carbons (Fsp3) is 0.133. The lowest BCUT2D eigenvalue weighted by Crippen LogP contribution is -2.25. The molecule has 0 bridgehead atoms. The molecular weight excluding hydrogens is 307 g/mol. The Balaban J connectivity index is 1.94. The number of anilines is 1. The zero-order valence-corrected chi connectivity index (χ0v) is 12.9. The standard InChI is InChI=1S/C15H13FN2OS2/c1-18(7-9-5-6-20-8-9)15(19)14-13(17)12-10(16)3-2-4-11(12)21-14/h2-6,8H,7,17H2,1H3. The van der Waals surface area contributed by atoms with Gasteiger partial charge in [-0.25, -0.2) is 4.39 Å². The molecule has 108 valence electrons. The van der Waals surface area contributed by atoms with Gasteiger partial charge in [0.15, 0.2) is 0 Å². The van der Waals surface area contributed by atoms with Crippen molar-refractivity contribution in [2.45, 2.75) is 6.54 Å². The topological polar surface area (TPSA) is 46.3 Å². The molecule has 0 saturated carbocycles. The highest BCUT2D eigenvalue weighted by Gasteiger charge is 2.21. The molecule has 2 heterocycles. The molecule has 2 N–H and O–H groups in total. The molecule has 2 aromatic heterocycles. The summed E-state index contributed by atoms with van der Waals surface area (Å²) in [6.07, 6.45) is 0. The highest BCUT2D eigenvalue weighted by molar-refractivity contribution is 7.21. The Morgan fingerprint density at radius 1 is 1.38 bits per heavy atom. The molecule has 1 amide bonds. The number of benzene rings is 1. The summed E-state index contributed by atoms with van der Waals surface area (Å²) < 4.78 is 14.5. The van der Waals surface area contributed by atoms with Crippen LogP contribution in [0.3, 0.4) is 0 Å². The Morgan fingerprint density at radius 2 is 2.19 bits per heavy atom. The first-order valence-electron chi connectivity index (χ1n) is 6.31. The second-order valence-electron chi connectivity index (χ2n) is 4.75. The first kappa shape index (κ1) is 14.0. The van der Waals surface area contributed by atoms with Gasteiger partial charge in [0, 0.05) is 18.3 Å². The van der Waals surface area contributed by atoms with Crippen molar-refractivity contribution < 1.29 is 9.18 Å². The summed E-state index contributed by atoms with van der Waals surface area (Å²) in [5.74, 6) is -0.569. The number of carbonyl (C=O) groups is 1.